The molecule has 1 unspecified atom stereocenters. The second kappa shape index (κ2) is 15.8. The molecule has 3 aromatic carbocycles. The number of rotatable bonds is 14. The Labute approximate surface area is 231 Å². The Hall–Kier alpha value is -3.38. The van der Waals surface area contributed by atoms with Crippen LogP contribution in [0.5, 0.6) is 0 Å². The van der Waals surface area contributed by atoms with Crippen LogP contribution < -0.4 is 0 Å². The van der Waals surface area contributed by atoms with E-state index in [4.69, 9.17) is 0 Å². The lowest BCUT2D eigenvalue weighted by molar-refractivity contribution is 0.532. The van der Waals surface area contributed by atoms with Crippen molar-refractivity contribution in [3.63, 3.8) is 0 Å². The molecule has 196 valence electrons. The smallest absolute Gasteiger partial charge is 0.00410 e. The van der Waals surface area contributed by atoms with Crippen molar-refractivity contribution in [3.05, 3.63) is 150 Å². The highest BCUT2D eigenvalue weighted by atomic mass is 14.2. The number of hydrogen-bond donors (Lipinski definition) is 0. The van der Waals surface area contributed by atoms with Crippen molar-refractivity contribution in [2.45, 2.75) is 70.6 Å². The Morgan fingerprint density at radius 3 is 2.05 bits per heavy atom. The summed E-state index contributed by atoms with van der Waals surface area (Å²) in [4.78, 5) is 0. The molecule has 0 heterocycles. The first kappa shape index (κ1) is 27.6. The third-order valence-corrected chi connectivity index (χ3v) is 7.67. The molecule has 4 rings (SSSR count). The van der Waals surface area contributed by atoms with Crippen LogP contribution in [0, 0.1) is 5.92 Å². The summed E-state index contributed by atoms with van der Waals surface area (Å²) in [6, 6.07) is 33.0. The molecule has 3 aromatic rings. The van der Waals surface area contributed by atoms with Crippen molar-refractivity contribution in [2.75, 3.05) is 0 Å². The predicted octanol–water partition coefficient (Wildman–Crippen LogP) is 10.9. The van der Waals surface area contributed by atoms with Gasteiger partial charge in [-0.25, -0.2) is 0 Å². The van der Waals surface area contributed by atoms with Crippen molar-refractivity contribution in [2.24, 2.45) is 5.92 Å². The fourth-order valence-corrected chi connectivity index (χ4v) is 5.46. The largest absolute Gasteiger partial charge is 0.0885 e. The zero-order chi connectivity index (χ0) is 26.3. The normalized spacial score (nSPS) is 15.7. The van der Waals surface area contributed by atoms with Gasteiger partial charge < -0.3 is 0 Å². The van der Waals surface area contributed by atoms with Gasteiger partial charge >= 0.3 is 0 Å². The average molecular weight is 501 g/mol. The zero-order valence-electron chi connectivity index (χ0n) is 23.1. The van der Waals surface area contributed by atoms with Crippen LogP contribution in [0.2, 0.25) is 0 Å². The molecular weight excluding hydrogens is 456 g/mol. The Balaban J connectivity index is 1.44. The molecule has 0 amide bonds. The van der Waals surface area contributed by atoms with E-state index in [-0.39, 0.29) is 0 Å². The molecule has 0 fully saturated rings. The summed E-state index contributed by atoms with van der Waals surface area (Å²) >= 11 is 0. The highest BCUT2D eigenvalue weighted by Gasteiger charge is 2.17. The number of benzene rings is 3. The Bertz CT molecular complexity index is 1160. The first-order valence-electron chi connectivity index (χ1n) is 14.7. The van der Waals surface area contributed by atoms with E-state index in [1.165, 1.54) is 59.9 Å². The summed E-state index contributed by atoms with van der Waals surface area (Å²) < 4.78 is 0. The SMILES string of the molecule is CCCCC/C=C/CCC(=C1C=CC(CC(CCc2ccccc2)c2ccccc2)C=C1)c1ccccc1. The average Bonchev–Trinajstić information content (AvgIpc) is 2.99. The lowest BCUT2D eigenvalue weighted by atomic mass is 9.82. The lowest BCUT2D eigenvalue weighted by Crippen LogP contribution is -2.08. The lowest BCUT2D eigenvalue weighted by Gasteiger charge is -2.23. The molecule has 0 radical (unpaired) electrons. The van der Waals surface area contributed by atoms with Crippen molar-refractivity contribution in [1.29, 1.82) is 0 Å². The van der Waals surface area contributed by atoms with Crippen molar-refractivity contribution >= 4 is 5.57 Å². The summed E-state index contributed by atoms with van der Waals surface area (Å²) in [5.41, 5.74) is 7.06. The third kappa shape index (κ3) is 8.88. The number of allylic oxidation sites excluding steroid dienone is 8. The molecule has 0 spiro atoms. The number of aryl methyl sites for hydroxylation is 1. The fourth-order valence-electron chi connectivity index (χ4n) is 5.46. The van der Waals surface area contributed by atoms with Gasteiger partial charge in [-0.1, -0.05) is 147 Å². The molecule has 0 aliphatic heterocycles. The molecule has 1 atom stereocenters. The fraction of sp³-hybridized carbons (Fsp3) is 0.316. The molecule has 38 heavy (non-hydrogen) atoms. The third-order valence-electron chi connectivity index (χ3n) is 7.67. The maximum Gasteiger partial charge on any atom is -0.00410 e. The minimum Gasteiger partial charge on any atom is -0.0885 e. The maximum atomic E-state index is 2.44. The summed E-state index contributed by atoms with van der Waals surface area (Å²) in [6.45, 7) is 2.27. The van der Waals surface area contributed by atoms with E-state index in [0.29, 0.717) is 11.8 Å². The van der Waals surface area contributed by atoms with Crippen molar-refractivity contribution in [1.82, 2.24) is 0 Å². The van der Waals surface area contributed by atoms with Gasteiger partial charge in [0.25, 0.3) is 0 Å². The Morgan fingerprint density at radius 2 is 1.37 bits per heavy atom. The zero-order valence-corrected chi connectivity index (χ0v) is 23.1. The van der Waals surface area contributed by atoms with Gasteiger partial charge in [0.15, 0.2) is 0 Å². The van der Waals surface area contributed by atoms with Gasteiger partial charge in [0.2, 0.25) is 0 Å². The molecule has 0 bridgehead atoms. The topological polar surface area (TPSA) is 0 Å². The van der Waals surface area contributed by atoms with Gasteiger partial charge in [0.1, 0.15) is 0 Å². The molecule has 1 aliphatic carbocycles. The molecule has 0 nitrogen and oxygen atoms in total. The number of hydrogen-bond acceptors (Lipinski definition) is 0. The van der Waals surface area contributed by atoms with Crippen LogP contribution in [0.4, 0.5) is 0 Å². The van der Waals surface area contributed by atoms with Gasteiger partial charge in [0.05, 0.1) is 0 Å². The first-order chi connectivity index (χ1) is 18.8. The summed E-state index contributed by atoms with van der Waals surface area (Å²) in [6.07, 6.45) is 25.2. The van der Waals surface area contributed by atoms with Crippen LogP contribution in [0.15, 0.2) is 133 Å². The highest BCUT2D eigenvalue weighted by molar-refractivity contribution is 5.74. The second-order valence-electron chi connectivity index (χ2n) is 10.6. The van der Waals surface area contributed by atoms with Crippen LogP contribution in [0.1, 0.15) is 80.9 Å². The maximum absolute atomic E-state index is 2.44. The van der Waals surface area contributed by atoms with E-state index in [2.05, 4.69) is 134 Å². The van der Waals surface area contributed by atoms with E-state index >= 15 is 0 Å². The Kier molecular flexibility index (Phi) is 11.5. The molecule has 0 N–H and O–H groups in total. The van der Waals surface area contributed by atoms with Crippen LogP contribution in [0.25, 0.3) is 5.57 Å². The molecule has 0 heteroatoms. The molecule has 0 aromatic heterocycles. The van der Waals surface area contributed by atoms with E-state index in [0.717, 1.165) is 25.7 Å². The van der Waals surface area contributed by atoms with Gasteiger partial charge in [0, 0.05) is 0 Å². The van der Waals surface area contributed by atoms with Crippen LogP contribution in [-0.2, 0) is 6.42 Å². The minimum absolute atomic E-state index is 0.468. The predicted molar refractivity (Wildman–Crippen MR) is 166 cm³/mol. The molecule has 0 saturated carbocycles. The van der Waals surface area contributed by atoms with Crippen molar-refractivity contribution in [3.8, 4) is 0 Å². The van der Waals surface area contributed by atoms with Gasteiger partial charge in [-0.2, -0.15) is 0 Å². The van der Waals surface area contributed by atoms with Crippen LogP contribution in [0.3, 0.4) is 0 Å². The Morgan fingerprint density at radius 1 is 0.737 bits per heavy atom. The quantitative estimate of drug-likeness (QED) is 0.152. The highest BCUT2D eigenvalue weighted by Crippen LogP contribution is 2.34. The van der Waals surface area contributed by atoms with Gasteiger partial charge in [-0.15, -0.1) is 0 Å². The summed E-state index contributed by atoms with van der Waals surface area (Å²) in [7, 11) is 0. The molecule has 0 saturated heterocycles. The van der Waals surface area contributed by atoms with E-state index < -0.39 is 0 Å². The number of unbranched alkanes of at least 4 members (excludes halogenated alkanes) is 3. The standard InChI is InChI=1S/C38H44/c1-2-3-4-5-6-7-17-24-38(35-22-15-10-16-23-35)36-28-26-33(27-29-36)31-37(34-20-13-9-14-21-34)30-25-32-18-11-8-12-19-32/h6-16,18-23,26-29,33,37H,2-5,17,24-25,30-31H2,1H3/b7-6+,38-36?. The second-order valence-corrected chi connectivity index (χ2v) is 10.6. The van der Waals surface area contributed by atoms with Gasteiger partial charge in [-0.3, -0.25) is 0 Å². The summed E-state index contributed by atoms with van der Waals surface area (Å²) in [5.74, 6) is 1.02. The van der Waals surface area contributed by atoms with E-state index in [9.17, 15) is 0 Å². The first-order valence-corrected chi connectivity index (χ1v) is 14.7. The molecule has 1 aliphatic rings. The van der Waals surface area contributed by atoms with E-state index in [1.54, 1.807) is 0 Å². The van der Waals surface area contributed by atoms with Crippen LogP contribution >= 0.6 is 0 Å². The van der Waals surface area contributed by atoms with Crippen molar-refractivity contribution < 1.29 is 0 Å². The summed E-state index contributed by atoms with van der Waals surface area (Å²) in [5, 5.41) is 0. The van der Waals surface area contributed by atoms with Crippen LogP contribution in [-0.4, -0.2) is 0 Å². The van der Waals surface area contributed by atoms with E-state index in [1.807, 2.05) is 0 Å². The molecular formula is C38H44. The monoisotopic (exact) mass is 500 g/mol. The minimum atomic E-state index is 0.468. The van der Waals surface area contributed by atoms with Gasteiger partial charge in [-0.05, 0) is 84.6 Å².